The average Bonchev–Trinajstić information content (AvgIpc) is 3.07. The van der Waals surface area contributed by atoms with E-state index in [2.05, 4.69) is 18.2 Å². The van der Waals surface area contributed by atoms with Gasteiger partial charge in [-0.25, -0.2) is 0 Å². The van der Waals surface area contributed by atoms with E-state index in [-0.39, 0.29) is 0 Å². The van der Waals surface area contributed by atoms with Gasteiger partial charge in [0, 0.05) is 6.92 Å². The molecule has 0 radical (unpaired) electrons. The monoisotopic (exact) mass is 444 g/mol. The summed E-state index contributed by atoms with van der Waals surface area (Å²) in [5.41, 5.74) is -0.632. The minimum absolute atomic E-state index is 0.419. The summed E-state index contributed by atoms with van der Waals surface area (Å²) in [5.74, 6) is -2.66. The van der Waals surface area contributed by atoms with Crippen LogP contribution in [0.4, 0.5) is 0 Å². The van der Waals surface area contributed by atoms with Crippen molar-refractivity contribution < 1.29 is 9.47 Å². The van der Waals surface area contributed by atoms with Crippen LogP contribution in [0.2, 0.25) is 0 Å². The van der Waals surface area contributed by atoms with Crippen molar-refractivity contribution in [1.82, 2.24) is 0 Å². The lowest BCUT2D eigenvalue weighted by Crippen LogP contribution is -2.57. The van der Waals surface area contributed by atoms with Crippen molar-refractivity contribution in [3.8, 4) is 29.3 Å². The van der Waals surface area contributed by atoms with Crippen molar-refractivity contribution in [2.75, 3.05) is 0 Å². The highest BCUT2D eigenvalue weighted by atomic mass is 16.7. The Labute approximate surface area is 197 Å². The molecular weight excluding hydrogens is 424 g/mol. The molecule has 4 atom stereocenters. The van der Waals surface area contributed by atoms with Gasteiger partial charge in [-0.3, -0.25) is 5.41 Å². The number of nitrogens with zero attached hydrogens (tertiary/aromatic N) is 3. The molecule has 2 aliphatic rings. The normalized spacial score (nSPS) is 28.7. The van der Waals surface area contributed by atoms with Gasteiger partial charge < -0.3 is 9.47 Å². The molecule has 0 saturated carbocycles. The van der Waals surface area contributed by atoms with Crippen LogP contribution < -0.4 is 0 Å². The molecule has 3 aromatic rings. The van der Waals surface area contributed by atoms with Crippen LogP contribution in [0.25, 0.3) is 11.1 Å². The second-order valence-corrected chi connectivity index (χ2v) is 8.73. The van der Waals surface area contributed by atoms with Crippen LogP contribution in [-0.4, -0.2) is 11.7 Å². The molecular formula is C28H20N4O2. The molecule has 1 N–H and O–H groups in total. The van der Waals surface area contributed by atoms with E-state index < -0.39 is 34.5 Å². The topological polar surface area (TPSA) is 114 Å². The van der Waals surface area contributed by atoms with E-state index in [9.17, 15) is 15.8 Å². The average molecular weight is 444 g/mol. The Bertz CT molecular complexity index is 1370. The van der Waals surface area contributed by atoms with Crippen LogP contribution in [0.3, 0.4) is 0 Å². The van der Waals surface area contributed by atoms with Crippen LogP contribution in [-0.2, 0) is 9.47 Å². The molecule has 3 aromatic carbocycles. The Kier molecular flexibility index (Phi) is 4.76. The van der Waals surface area contributed by atoms with E-state index in [0.717, 1.165) is 11.1 Å². The predicted molar refractivity (Wildman–Crippen MR) is 124 cm³/mol. The number of nitriles is 3. The van der Waals surface area contributed by atoms with Gasteiger partial charge >= 0.3 is 0 Å². The van der Waals surface area contributed by atoms with Crippen molar-refractivity contribution in [3.05, 3.63) is 96.1 Å². The van der Waals surface area contributed by atoms with Gasteiger partial charge in [0.25, 0.3) is 0 Å². The van der Waals surface area contributed by atoms with Crippen molar-refractivity contribution in [2.45, 2.75) is 24.7 Å². The first kappa shape index (κ1) is 21.4. The molecule has 2 saturated heterocycles. The van der Waals surface area contributed by atoms with Crippen LogP contribution >= 0.6 is 0 Å². The molecule has 0 amide bonds. The maximum absolute atomic E-state index is 10.5. The molecule has 0 aromatic heterocycles. The summed E-state index contributed by atoms with van der Waals surface area (Å²) < 4.78 is 12.3. The smallest absolute Gasteiger partial charge is 0.218 e. The molecule has 0 spiro atoms. The number of rotatable bonds is 3. The summed E-state index contributed by atoms with van der Waals surface area (Å²) in [4.78, 5) is 0. The zero-order chi connectivity index (χ0) is 24.0. The van der Waals surface area contributed by atoms with Gasteiger partial charge in [-0.2, -0.15) is 15.8 Å². The minimum Gasteiger partial charge on any atom is -0.447 e. The SMILES string of the molecule is CC12OC(=N)C(C#N)(C1c1ccccc1)C(C#N)(C#N)C(c1ccc(-c3ccccc3)cc1)O2. The highest BCUT2D eigenvalue weighted by Crippen LogP contribution is 2.69. The fourth-order valence-corrected chi connectivity index (χ4v) is 5.41. The second-order valence-electron chi connectivity index (χ2n) is 8.73. The van der Waals surface area contributed by atoms with E-state index in [1.807, 2.05) is 60.7 Å². The number of fused-ring (bicyclic) bond motifs is 2. The van der Waals surface area contributed by atoms with E-state index in [0.29, 0.717) is 11.1 Å². The van der Waals surface area contributed by atoms with E-state index >= 15 is 0 Å². The molecule has 164 valence electrons. The molecule has 2 fully saturated rings. The van der Waals surface area contributed by atoms with Gasteiger partial charge in [0.15, 0.2) is 5.41 Å². The quantitative estimate of drug-likeness (QED) is 0.575. The van der Waals surface area contributed by atoms with Crippen molar-refractivity contribution >= 4 is 5.90 Å². The lowest BCUT2D eigenvalue weighted by Gasteiger charge is -2.48. The standard InChI is InChI=1S/C28H20N4O2/c1-26-23(21-10-6-3-7-11-21)28(18-31,25(32)34-26)27(16-29,17-30)24(33-26)22-14-12-20(13-15-22)19-8-4-2-5-9-19/h2-15,23-24,32H,1H3. The minimum atomic E-state index is -2.01. The fraction of sp³-hybridized carbons (Fsp3) is 0.214. The van der Waals surface area contributed by atoms with Gasteiger partial charge in [-0.15, -0.1) is 0 Å². The molecule has 5 rings (SSSR count). The molecule has 0 aliphatic carbocycles. The van der Waals surface area contributed by atoms with Crippen molar-refractivity contribution in [2.24, 2.45) is 10.8 Å². The Balaban J connectivity index is 1.69. The predicted octanol–water partition coefficient (Wildman–Crippen LogP) is 5.48. The Morgan fingerprint density at radius 2 is 1.29 bits per heavy atom. The third kappa shape index (κ3) is 2.66. The molecule has 6 heteroatoms. The van der Waals surface area contributed by atoms with Gasteiger partial charge in [-0.1, -0.05) is 84.9 Å². The van der Waals surface area contributed by atoms with Crippen molar-refractivity contribution in [1.29, 1.82) is 21.2 Å². The van der Waals surface area contributed by atoms with Crippen LogP contribution in [0.1, 0.15) is 30.1 Å². The lowest BCUT2D eigenvalue weighted by molar-refractivity contribution is -0.253. The zero-order valence-electron chi connectivity index (χ0n) is 18.4. The molecule has 2 aliphatic heterocycles. The van der Waals surface area contributed by atoms with Crippen LogP contribution in [0, 0.1) is 50.2 Å². The van der Waals surface area contributed by atoms with Crippen molar-refractivity contribution in [3.63, 3.8) is 0 Å². The van der Waals surface area contributed by atoms with E-state index in [1.165, 1.54) is 0 Å². The maximum atomic E-state index is 10.5. The number of benzene rings is 3. The Morgan fingerprint density at radius 3 is 1.85 bits per heavy atom. The first-order chi connectivity index (χ1) is 16.5. The third-order valence-electron chi connectivity index (χ3n) is 6.97. The first-order valence-corrected chi connectivity index (χ1v) is 10.9. The summed E-state index contributed by atoms with van der Waals surface area (Å²) in [6.45, 7) is 1.67. The summed E-state index contributed by atoms with van der Waals surface area (Å²) in [7, 11) is 0. The number of nitrogens with one attached hydrogen (secondary N) is 1. The van der Waals surface area contributed by atoms with Gasteiger partial charge in [0.05, 0.1) is 24.1 Å². The fourth-order valence-electron chi connectivity index (χ4n) is 5.41. The highest BCUT2D eigenvalue weighted by Gasteiger charge is 2.79. The summed E-state index contributed by atoms with van der Waals surface area (Å²) >= 11 is 0. The molecule has 6 nitrogen and oxygen atoms in total. The van der Waals surface area contributed by atoms with E-state index in [4.69, 9.17) is 14.9 Å². The summed E-state index contributed by atoms with van der Waals surface area (Å²) in [6, 6.07) is 32.7. The molecule has 34 heavy (non-hydrogen) atoms. The first-order valence-electron chi connectivity index (χ1n) is 10.9. The molecule has 4 unspecified atom stereocenters. The van der Waals surface area contributed by atoms with Gasteiger partial charge in [0.1, 0.15) is 6.10 Å². The zero-order valence-corrected chi connectivity index (χ0v) is 18.4. The van der Waals surface area contributed by atoms with Crippen LogP contribution in [0.5, 0.6) is 0 Å². The largest absolute Gasteiger partial charge is 0.447 e. The van der Waals surface area contributed by atoms with Gasteiger partial charge in [0.2, 0.25) is 17.1 Å². The third-order valence-corrected chi connectivity index (χ3v) is 6.97. The number of hydrogen-bond donors (Lipinski definition) is 1. The Morgan fingerprint density at radius 1 is 0.735 bits per heavy atom. The second kappa shape index (κ2) is 7.56. The molecule has 2 bridgehead atoms. The van der Waals surface area contributed by atoms with Crippen LogP contribution in [0.15, 0.2) is 84.9 Å². The highest BCUT2D eigenvalue weighted by molar-refractivity contribution is 5.90. The summed E-state index contributed by atoms with van der Waals surface area (Å²) in [6.07, 6.45) is -1.10. The number of hydrogen-bond acceptors (Lipinski definition) is 6. The lowest BCUT2D eigenvalue weighted by atomic mass is 9.52. The maximum Gasteiger partial charge on any atom is 0.218 e. The summed E-state index contributed by atoms with van der Waals surface area (Å²) in [5, 5.41) is 40.0. The van der Waals surface area contributed by atoms with Gasteiger partial charge in [-0.05, 0) is 22.3 Å². The molecule has 2 heterocycles. The Hall–Kier alpha value is -4.44. The van der Waals surface area contributed by atoms with E-state index in [1.54, 1.807) is 31.2 Å². The number of ether oxygens (including phenoxy) is 2.